The minimum Gasteiger partial charge on any atom is -0.0776 e. The maximum Gasteiger partial charge on any atom is 0.00892 e. The van der Waals surface area contributed by atoms with Gasteiger partial charge in [0.1, 0.15) is 0 Å². The normalized spacial score (nSPS) is 9.44. The summed E-state index contributed by atoms with van der Waals surface area (Å²) in [5, 5.41) is 0. The zero-order chi connectivity index (χ0) is 11.2. The minimum atomic E-state index is 0. The third-order valence-corrected chi connectivity index (χ3v) is 2.98. The fourth-order valence-electron chi connectivity index (χ4n) is 2.19. The Labute approximate surface area is 113 Å². The van der Waals surface area contributed by atoms with Crippen LogP contribution in [0.4, 0.5) is 0 Å². The summed E-state index contributed by atoms with van der Waals surface area (Å²) in [5.74, 6) is 0.549. The highest BCUT2D eigenvalue weighted by molar-refractivity contribution is 5.32. The molecule has 0 heterocycles. The molecule has 0 aliphatic rings. The molecule has 98 valence electrons. The molecule has 0 spiro atoms. The third-order valence-electron chi connectivity index (χ3n) is 2.98. The van der Waals surface area contributed by atoms with Crippen LogP contribution < -0.4 is 0 Å². The molecular weight excluding hydrogens is 216 g/mol. The van der Waals surface area contributed by atoms with Crippen LogP contribution in [0.3, 0.4) is 0 Å². The number of hydrogen-bond donors (Lipinski definition) is 0. The second kappa shape index (κ2) is 8.52. The van der Waals surface area contributed by atoms with Crippen molar-refractivity contribution in [2.45, 2.75) is 40.5 Å². The molecular formula is C18H26. The van der Waals surface area contributed by atoms with Gasteiger partial charge < -0.3 is 0 Å². The summed E-state index contributed by atoms with van der Waals surface area (Å²) in [6, 6.07) is 21.6. The van der Waals surface area contributed by atoms with Gasteiger partial charge in [-0.2, -0.15) is 0 Å². The van der Waals surface area contributed by atoms with E-state index in [-0.39, 0.29) is 14.9 Å². The molecule has 2 rings (SSSR count). The van der Waals surface area contributed by atoms with Crippen LogP contribution in [0.25, 0.3) is 0 Å². The summed E-state index contributed by atoms with van der Waals surface area (Å²) in [6.07, 6.45) is 2.43. The molecule has 0 nitrogen and oxygen atoms in total. The molecule has 18 heavy (non-hydrogen) atoms. The van der Waals surface area contributed by atoms with Crippen molar-refractivity contribution in [2.75, 3.05) is 0 Å². The van der Waals surface area contributed by atoms with Crippen LogP contribution in [0.1, 0.15) is 51.7 Å². The van der Waals surface area contributed by atoms with Crippen molar-refractivity contribution in [3.05, 3.63) is 71.8 Å². The first-order valence-corrected chi connectivity index (χ1v) is 6.01. The zero-order valence-corrected chi connectivity index (χ0v) is 9.77. The molecule has 2 aromatic carbocycles. The summed E-state index contributed by atoms with van der Waals surface area (Å²) < 4.78 is 0. The Kier molecular flexibility index (Phi) is 7.78. The zero-order valence-electron chi connectivity index (χ0n) is 9.77. The van der Waals surface area contributed by atoms with Crippen molar-refractivity contribution in [3.63, 3.8) is 0 Å². The molecule has 0 N–H and O–H groups in total. The van der Waals surface area contributed by atoms with E-state index in [1.54, 1.807) is 0 Å². The van der Waals surface area contributed by atoms with Crippen LogP contribution in [-0.4, -0.2) is 0 Å². The molecule has 0 heteroatoms. The lowest BCUT2D eigenvalue weighted by atomic mass is 9.88. The largest absolute Gasteiger partial charge is 0.0776 e. The van der Waals surface area contributed by atoms with E-state index >= 15 is 0 Å². The molecule has 2 aromatic rings. The van der Waals surface area contributed by atoms with Crippen molar-refractivity contribution in [3.8, 4) is 0 Å². The maximum atomic E-state index is 2.25. The Bertz CT molecular complexity index is 363. The van der Waals surface area contributed by atoms with Gasteiger partial charge in [-0.1, -0.05) is 88.9 Å². The predicted molar refractivity (Wildman–Crippen MR) is 83.1 cm³/mol. The summed E-state index contributed by atoms with van der Waals surface area (Å²) >= 11 is 0. The van der Waals surface area contributed by atoms with Crippen LogP contribution in [0.5, 0.6) is 0 Å². The van der Waals surface area contributed by atoms with Gasteiger partial charge in [0.25, 0.3) is 0 Å². The van der Waals surface area contributed by atoms with Crippen LogP contribution in [0.2, 0.25) is 0 Å². The first-order valence-electron chi connectivity index (χ1n) is 6.01. The second-order valence-electron chi connectivity index (χ2n) is 4.16. The Morgan fingerprint density at radius 1 is 0.722 bits per heavy atom. The highest BCUT2D eigenvalue weighted by Gasteiger charge is 2.11. The van der Waals surface area contributed by atoms with Gasteiger partial charge in [-0.15, -0.1) is 0 Å². The van der Waals surface area contributed by atoms with Crippen molar-refractivity contribution >= 4 is 0 Å². The molecule has 0 bridgehead atoms. The molecule has 0 aliphatic heterocycles. The number of benzene rings is 2. The minimum absolute atomic E-state index is 0. The van der Waals surface area contributed by atoms with Crippen molar-refractivity contribution in [1.82, 2.24) is 0 Å². The molecule has 0 saturated heterocycles. The average Bonchev–Trinajstić information content (AvgIpc) is 2.38. The second-order valence-corrected chi connectivity index (χ2v) is 4.16. The molecule has 0 saturated carbocycles. The monoisotopic (exact) mass is 242 g/mol. The maximum absolute atomic E-state index is 2.25. The SMILES string of the molecule is C.C.CCCC(c1ccccc1)c1ccccc1. The van der Waals surface area contributed by atoms with Crippen LogP contribution in [-0.2, 0) is 0 Å². The third kappa shape index (κ3) is 4.03. The van der Waals surface area contributed by atoms with Crippen molar-refractivity contribution < 1.29 is 0 Å². The smallest absolute Gasteiger partial charge is 0.00892 e. The Morgan fingerprint density at radius 3 is 1.44 bits per heavy atom. The topological polar surface area (TPSA) is 0 Å². The van der Waals surface area contributed by atoms with Crippen molar-refractivity contribution in [2.24, 2.45) is 0 Å². The Morgan fingerprint density at radius 2 is 1.11 bits per heavy atom. The van der Waals surface area contributed by atoms with E-state index in [0.717, 1.165) is 0 Å². The quantitative estimate of drug-likeness (QED) is 0.627. The molecule has 0 unspecified atom stereocenters. The van der Waals surface area contributed by atoms with Gasteiger partial charge in [0.2, 0.25) is 0 Å². The molecule has 0 amide bonds. The fourth-order valence-corrected chi connectivity index (χ4v) is 2.19. The molecule has 0 atom stereocenters. The van der Waals surface area contributed by atoms with Gasteiger partial charge in [0.05, 0.1) is 0 Å². The van der Waals surface area contributed by atoms with Gasteiger partial charge in [0, 0.05) is 5.92 Å². The lowest BCUT2D eigenvalue weighted by Crippen LogP contribution is -2.00. The van der Waals surface area contributed by atoms with E-state index in [2.05, 4.69) is 67.6 Å². The van der Waals surface area contributed by atoms with Crippen LogP contribution in [0, 0.1) is 0 Å². The summed E-state index contributed by atoms with van der Waals surface area (Å²) in [5.41, 5.74) is 2.85. The van der Waals surface area contributed by atoms with Gasteiger partial charge in [-0.25, -0.2) is 0 Å². The Balaban J connectivity index is 0.00000144. The summed E-state index contributed by atoms with van der Waals surface area (Å²) in [6.45, 7) is 2.25. The first kappa shape index (κ1) is 16.4. The van der Waals surface area contributed by atoms with Crippen molar-refractivity contribution in [1.29, 1.82) is 0 Å². The van der Waals surface area contributed by atoms with Gasteiger partial charge in [-0.05, 0) is 17.5 Å². The van der Waals surface area contributed by atoms with Crippen LogP contribution >= 0.6 is 0 Å². The number of rotatable bonds is 4. The summed E-state index contributed by atoms with van der Waals surface area (Å²) in [7, 11) is 0. The predicted octanol–water partition coefficient (Wildman–Crippen LogP) is 5.89. The molecule has 0 fully saturated rings. The standard InChI is InChI=1S/C16H18.2CH4/c1-2-9-16(14-10-5-3-6-11-14)15-12-7-4-8-13-15;;/h3-8,10-13,16H,2,9H2,1H3;2*1H4. The summed E-state index contributed by atoms with van der Waals surface area (Å²) in [4.78, 5) is 0. The van der Waals surface area contributed by atoms with Crippen LogP contribution in [0.15, 0.2) is 60.7 Å². The Hall–Kier alpha value is -1.56. The highest BCUT2D eigenvalue weighted by Crippen LogP contribution is 2.28. The van der Waals surface area contributed by atoms with Gasteiger partial charge in [0.15, 0.2) is 0 Å². The van der Waals surface area contributed by atoms with E-state index in [1.165, 1.54) is 24.0 Å². The van der Waals surface area contributed by atoms with E-state index < -0.39 is 0 Å². The van der Waals surface area contributed by atoms with Gasteiger partial charge in [-0.3, -0.25) is 0 Å². The van der Waals surface area contributed by atoms with E-state index in [9.17, 15) is 0 Å². The van der Waals surface area contributed by atoms with E-state index in [4.69, 9.17) is 0 Å². The van der Waals surface area contributed by atoms with E-state index in [1.807, 2.05) is 0 Å². The first-order chi connectivity index (χ1) is 7.92. The highest BCUT2D eigenvalue weighted by atomic mass is 14.2. The molecule has 0 aromatic heterocycles. The average molecular weight is 242 g/mol. The molecule has 0 aliphatic carbocycles. The fraction of sp³-hybridized carbons (Fsp3) is 0.333. The number of hydrogen-bond acceptors (Lipinski definition) is 0. The van der Waals surface area contributed by atoms with Gasteiger partial charge >= 0.3 is 0 Å². The lowest BCUT2D eigenvalue weighted by Gasteiger charge is -2.17. The molecule has 0 radical (unpaired) electrons. The lowest BCUT2D eigenvalue weighted by molar-refractivity contribution is 0.698. The van der Waals surface area contributed by atoms with E-state index in [0.29, 0.717) is 5.92 Å².